The summed E-state index contributed by atoms with van der Waals surface area (Å²) in [5, 5.41) is 3.31. The molecule has 0 unspecified atom stereocenters. The summed E-state index contributed by atoms with van der Waals surface area (Å²) in [7, 11) is 0. The monoisotopic (exact) mass is 533 g/mol. The van der Waals surface area contributed by atoms with Crippen molar-refractivity contribution < 1.29 is 0 Å². The van der Waals surface area contributed by atoms with Crippen LogP contribution < -0.4 is 0 Å². The number of imidazole rings is 1. The molecule has 8 aromatic rings. The van der Waals surface area contributed by atoms with Gasteiger partial charge in [0.25, 0.3) is 0 Å². The van der Waals surface area contributed by atoms with Gasteiger partial charge in [-0.25, -0.2) is 9.97 Å². The zero-order valence-corrected chi connectivity index (χ0v) is 22.6. The molecule has 8 rings (SSSR count). The fourth-order valence-electron chi connectivity index (χ4n) is 5.73. The lowest BCUT2D eigenvalue weighted by atomic mass is 9.97. The summed E-state index contributed by atoms with van der Waals surface area (Å²) >= 11 is 1.25. The molecule has 190 valence electrons. The van der Waals surface area contributed by atoms with Gasteiger partial charge in [-0.05, 0) is 53.6 Å². The molecule has 0 saturated carbocycles. The number of fused-ring (bicyclic) bond motifs is 6. The predicted molar refractivity (Wildman–Crippen MR) is 165 cm³/mol. The van der Waals surface area contributed by atoms with E-state index in [0.717, 1.165) is 78.5 Å². The van der Waals surface area contributed by atoms with Gasteiger partial charge in [-0.15, -0.1) is 0 Å². The standard InChI is InChI=1S/C34H23N5S/c1-2-31-35-28-9-5-6-10-30(28)39(31)24-17-15-22(16-18-24)21-11-13-23(14-12-21)33-26-19-20-29-34(38-40-37-29)32(26)25-7-3-4-8-27(25)36-33/h3-20H,2H2,1H3. The molecule has 5 aromatic carbocycles. The van der Waals surface area contributed by atoms with Crippen molar-refractivity contribution in [3.05, 3.63) is 115 Å². The Morgan fingerprint density at radius 2 is 1.30 bits per heavy atom. The van der Waals surface area contributed by atoms with Gasteiger partial charge in [-0.3, -0.25) is 4.57 Å². The number of hydrogen-bond acceptors (Lipinski definition) is 5. The highest BCUT2D eigenvalue weighted by Gasteiger charge is 2.15. The van der Waals surface area contributed by atoms with E-state index in [1.807, 2.05) is 18.2 Å². The van der Waals surface area contributed by atoms with E-state index in [0.29, 0.717) is 0 Å². The SMILES string of the molecule is CCc1nc2ccccc2n1-c1ccc(-c2ccc(-c3nc4ccccc4c4c3ccc3nsnc34)cc2)cc1. The number of hydrogen-bond donors (Lipinski definition) is 0. The summed E-state index contributed by atoms with van der Waals surface area (Å²) in [5.74, 6) is 1.07. The Balaban J connectivity index is 1.20. The third-order valence-corrected chi connectivity index (χ3v) is 8.19. The molecule has 0 aliphatic carbocycles. The summed E-state index contributed by atoms with van der Waals surface area (Å²) in [5.41, 5.74) is 10.5. The number of benzene rings is 5. The van der Waals surface area contributed by atoms with Gasteiger partial charge in [0.05, 0.1) is 34.0 Å². The van der Waals surface area contributed by atoms with Crippen LogP contribution in [0.25, 0.3) is 71.8 Å². The minimum atomic E-state index is 0.875. The molecule has 0 atom stereocenters. The molecule has 3 aromatic heterocycles. The third kappa shape index (κ3) is 3.53. The molecule has 0 spiro atoms. The average Bonchev–Trinajstić information content (AvgIpc) is 3.65. The van der Waals surface area contributed by atoms with E-state index < -0.39 is 0 Å². The first-order chi connectivity index (χ1) is 19.8. The van der Waals surface area contributed by atoms with Crippen molar-refractivity contribution in [1.29, 1.82) is 0 Å². The third-order valence-electron chi connectivity index (χ3n) is 7.65. The van der Waals surface area contributed by atoms with Gasteiger partial charge in [0.2, 0.25) is 0 Å². The normalized spacial score (nSPS) is 11.7. The number of para-hydroxylation sites is 3. The van der Waals surface area contributed by atoms with Crippen LogP contribution in [-0.2, 0) is 6.42 Å². The Kier molecular flexibility index (Phi) is 5.21. The molecule has 0 saturated heterocycles. The van der Waals surface area contributed by atoms with Crippen molar-refractivity contribution in [1.82, 2.24) is 23.3 Å². The van der Waals surface area contributed by atoms with Crippen molar-refractivity contribution >= 4 is 55.5 Å². The molecular weight excluding hydrogens is 510 g/mol. The van der Waals surface area contributed by atoms with Crippen LogP contribution in [0.3, 0.4) is 0 Å². The van der Waals surface area contributed by atoms with Crippen molar-refractivity contribution in [3.63, 3.8) is 0 Å². The molecule has 6 heteroatoms. The van der Waals surface area contributed by atoms with Gasteiger partial charge >= 0.3 is 0 Å². The fraction of sp³-hybridized carbons (Fsp3) is 0.0588. The molecule has 0 radical (unpaired) electrons. The quantitative estimate of drug-likeness (QED) is 0.213. The molecule has 3 heterocycles. The maximum Gasteiger partial charge on any atom is 0.114 e. The lowest BCUT2D eigenvalue weighted by Crippen LogP contribution is -1.99. The maximum atomic E-state index is 5.09. The fourth-order valence-corrected chi connectivity index (χ4v) is 6.27. The Hall–Kier alpha value is -4.94. The van der Waals surface area contributed by atoms with E-state index in [4.69, 9.17) is 9.97 Å². The topological polar surface area (TPSA) is 56.5 Å². The summed E-state index contributed by atoms with van der Waals surface area (Å²) in [6, 6.07) is 38.2. The smallest absolute Gasteiger partial charge is 0.114 e. The Labute approximate surface area is 234 Å². The lowest BCUT2D eigenvalue weighted by molar-refractivity contribution is 0.908. The first kappa shape index (κ1) is 23.0. The molecular formula is C34H23N5S. The van der Waals surface area contributed by atoms with Crippen LogP contribution in [0.15, 0.2) is 109 Å². The Morgan fingerprint density at radius 3 is 2.10 bits per heavy atom. The Morgan fingerprint density at radius 1 is 0.600 bits per heavy atom. The second-order valence-electron chi connectivity index (χ2n) is 9.93. The molecule has 5 nitrogen and oxygen atoms in total. The maximum absolute atomic E-state index is 5.09. The van der Waals surface area contributed by atoms with E-state index >= 15 is 0 Å². The van der Waals surface area contributed by atoms with Crippen molar-refractivity contribution in [2.75, 3.05) is 0 Å². The van der Waals surface area contributed by atoms with Gasteiger partial charge in [0, 0.05) is 33.8 Å². The highest BCUT2D eigenvalue weighted by atomic mass is 32.1. The van der Waals surface area contributed by atoms with Crippen molar-refractivity contribution in [2.24, 2.45) is 0 Å². The van der Waals surface area contributed by atoms with Crippen LogP contribution in [-0.4, -0.2) is 23.3 Å². The largest absolute Gasteiger partial charge is 0.296 e. The predicted octanol–water partition coefficient (Wildman–Crippen LogP) is 8.63. The van der Waals surface area contributed by atoms with Crippen LogP contribution in [0, 0.1) is 0 Å². The number of rotatable bonds is 4. The highest BCUT2D eigenvalue weighted by Crippen LogP contribution is 2.37. The zero-order valence-electron chi connectivity index (χ0n) is 21.7. The van der Waals surface area contributed by atoms with E-state index in [1.54, 1.807) is 0 Å². The van der Waals surface area contributed by atoms with E-state index in [9.17, 15) is 0 Å². The summed E-state index contributed by atoms with van der Waals surface area (Å²) < 4.78 is 11.4. The van der Waals surface area contributed by atoms with Gasteiger partial charge in [-0.1, -0.05) is 73.7 Å². The van der Waals surface area contributed by atoms with Gasteiger partial charge in [-0.2, -0.15) is 8.75 Å². The second kappa shape index (κ2) is 9.07. The van der Waals surface area contributed by atoms with Crippen LogP contribution in [0.1, 0.15) is 12.7 Å². The minimum absolute atomic E-state index is 0.875. The van der Waals surface area contributed by atoms with Crippen LogP contribution in [0.4, 0.5) is 0 Å². The highest BCUT2D eigenvalue weighted by molar-refractivity contribution is 7.00. The van der Waals surface area contributed by atoms with Crippen molar-refractivity contribution in [3.8, 4) is 28.1 Å². The van der Waals surface area contributed by atoms with Gasteiger partial charge < -0.3 is 0 Å². The summed E-state index contributed by atoms with van der Waals surface area (Å²) in [6.07, 6.45) is 0.875. The first-order valence-corrected chi connectivity index (χ1v) is 14.1. The summed E-state index contributed by atoms with van der Waals surface area (Å²) in [4.78, 5) is 9.93. The van der Waals surface area contributed by atoms with Crippen LogP contribution in [0.5, 0.6) is 0 Å². The summed E-state index contributed by atoms with van der Waals surface area (Å²) in [6.45, 7) is 2.15. The van der Waals surface area contributed by atoms with E-state index in [-0.39, 0.29) is 0 Å². The lowest BCUT2D eigenvalue weighted by Gasteiger charge is -2.12. The van der Waals surface area contributed by atoms with Gasteiger partial charge in [0.15, 0.2) is 0 Å². The molecule has 0 amide bonds. The second-order valence-corrected chi connectivity index (χ2v) is 10.5. The number of nitrogens with zero attached hydrogens (tertiary/aromatic N) is 5. The molecule has 0 N–H and O–H groups in total. The zero-order chi connectivity index (χ0) is 26.6. The molecule has 40 heavy (non-hydrogen) atoms. The average molecular weight is 534 g/mol. The molecule has 0 bridgehead atoms. The molecule has 0 aliphatic heterocycles. The molecule has 0 fully saturated rings. The Bertz CT molecular complexity index is 2190. The number of aromatic nitrogens is 5. The van der Waals surface area contributed by atoms with Crippen LogP contribution >= 0.6 is 11.7 Å². The molecule has 0 aliphatic rings. The number of aryl methyl sites for hydroxylation is 1. The van der Waals surface area contributed by atoms with E-state index in [2.05, 4.69) is 111 Å². The van der Waals surface area contributed by atoms with Crippen molar-refractivity contribution in [2.45, 2.75) is 13.3 Å². The number of pyridine rings is 1. The van der Waals surface area contributed by atoms with E-state index in [1.165, 1.54) is 17.3 Å². The van der Waals surface area contributed by atoms with Crippen LogP contribution in [0.2, 0.25) is 0 Å². The van der Waals surface area contributed by atoms with Gasteiger partial charge in [0.1, 0.15) is 16.9 Å². The first-order valence-electron chi connectivity index (χ1n) is 13.4. The minimum Gasteiger partial charge on any atom is -0.296 e.